The molecule has 1 unspecified atom stereocenters. The molecule has 1 aromatic rings. The zero-order valence-corrected chi connectivity index (χ0v) is 10.3. The van der Waals surface area contributed by atoms with Gasteiger partial charge < -0.3 is 11.1 Å². The molecule has 6 heteroatoms. The predicted octanol–water partition coefficient (Wildman–Crippen LogP) is 1.37. The standard InChI is InChI=1S/C12H17N5O/c1-12(11(13)18,15-7-8-16-17-14)9-10-5-3-2-4-6-10/h2-6,15H,7-9H2,1H3,(H2,13,18). The van der Waals surface area contributed by atoms with Gasteiger partial charge >= 0.3 is 0 Å². The molecule has 0 heterocycles. The number of azide groups is 1. The lowest BCUT2D eigenvalue weighted by Crippen LogP contribution is -2.55. The van der Waals surface area contributed by atoms with E-state index in [1.165, 1.54) is 0 Å². The maximum absolute atomic E-state index is 11.5. The van der Waals surface area contributed by atoms with Gasteiger partial charge in [-0.15, -0.1) is 0 Å². The van der Waals surface area contributed by atoms with Crippen LogP contribution in [0.3, 0.4) is 0 Å². The molecular weight excluding hydrogens is 230 g/mol. The van der Waals surface area contributed by atoms with E-state index in [1.54, 1.807) is 6.92 Å². The van der Waals surface area contributed by atoms with Crippen LogP contribution >= 0.6 is 0 Å². The first-order valence-electron chi connectivity index (χ1n) is 5.68. The molecule has 18 heavy (non-hydrogen) atoms. The molecule has 0 saturated carbocycles. The van der Waals surface area contributed by atoms with Crippen LogP contribution < -0.4 is 11.1 Å². The Balaban J connectivity index is 2.68. The molecule has 1 amide bonds. The van der Waals surface area contributed by atoms with Crippen molar-refractivity contribution in [1.29, 1.82) is 0 Å². The molecule has 96 valence electrons. The molecule has 0 spiro atoms. The first kappa shape index (κ1) is 14.0. The van der Waals surface area contributed by atoms with Crippen molar-refractivity contribution in [1.82, 2.24) is 5.32 Å². The summed E-state index contributed by atoms with van der Waals surface area (Å²) in [5.74, 6) is -0.424. The van der Waals surface area contributed by atoms with Crippen molar-refractivity contribution in [2.24, 2.45) is 10.8 Å². The van der Waals surface area contributed by atoms with Gasteiger partial charge in [0, 0.05) is 18.0 Å². The number of nitrogens with zero attached hydrogens (tertiary/aromatic N) is 3. The Morgan fingerprint density at radius 1 is 1.50 bits per heavy atom. The summed E-state index contributed by atoms with van der Waals surface area (Å²) in [6, 6.07) is 9.63. The van der Waals surface area contributed by atoms with E-state index in [1.807, 2.05) is 30.3 Å². The molecule has 0 bridgehead atoms. The van der Waals surface area contributed by atoms with Crippen LogP contribution in [0.4, 0.5) is 0 Å². The van der Waals surface area contributed by atoms with E-state index in [9.17, 15) is 4.79 Å². The highest BCUT2D eigenvalue weighted by Crippen LogP contribution is 2.12. The second-order valence-electron chi connectivity index (χ2n) is 4.24. The first-order valence-corrected chi connectivity index (χ1v) is 5.68. The average molecular weight is 247 g/mol. The summed E-state index contributed by atoms with van der Waals surface area (Å²) in [5.41, 5.74) is 13.8. The minimum atomic E-state index is -0.841. The molecule has 0 saturated heterocycles. The highest BCUT2D eigenvalue weighted by Gasteiger charge is 2.30. The smallest absolute Gasteiger partial charge is 0.237 e. The molecule has 0 fully saturated rings. The van der Waals surface area contributed by atoms with Gasteiger partial charge in [0.05, 0.1) is 5.54 Å². The Morgan fingerprint density at radius 2 is 2.17 bits per heavy atom. The van der Waals surface area contributed by atoms with Crippen LogP contribution in [0.25, 0.3) is 10.4 Å². The molecule has 0 aromatic heterocycles. The van der Waals surface area contributed by atoms with Crippen LogP contribution in [0.2, 0.25) is 0 Å². The van der Waals surface area contributed by atoms with E-state index in [2.05, 4.69) is 15.3 Å². The van der Waals surface area contributed by atoms with Crippen LogP contribution in [0.1, 0.15) is 12.5 Å². The minimum absolute atomic E-state index is 0.286. The number of hydrogen-bond acceptors (Lipinski definition) is 3. The third-order valence-corrected chi connectivity index (χ3v) is 2.73. The van der Waals surface area contributed by atoms with Gasteiger partial charge in [-0.25, -0.2) is 0 Å². The normalized spacial score (nSPS) is 13.4. The maximum Gasteiger partial charge on any atom is 0.237 e. The molecule has 0 radical (unpaired) electrons. The second-order valence-corrected chi connectivity index (χ2v) is 4.24. The SMILES string of the molecule is CC(Cc1ccccc1)(NCCN=[N+]=[N-])C(N)=O. The van der Waals surface area contributed by atoms with Crippen molar-refractivity contribution in [3.63, 3.8) is 0 Å². The van der Waals surface area contributed by atoms with Gasteiger partial charge in [-0.1, -0.05) is 35.4 Å². The Bertz CT molecular complexity index is 441. The van der Waals surface area contributed by atoms with Gasteiger partial charge in [-0.3, -0.25) is 4.79 Å². The Morgan fingerprint density at radius 3 is 2.72 bits per heavy atom. The van der Waals surface area contributed by atoms with Crippen molar-refractivity contribution in [2.45, 2.75) is 18.9 Å². The number of carbonyl (C=O) groups is 1. The summed E-state index contributed by atoms with van der Waals surface area (Å²) in [6.45, 7) is 2.45. The van der Waals surface area contributed by atoms with Gasteiger partial charge in [-0.05, 0) is 24.4 Å². The van der Waals surface area contributed by atoms with Crippen LogP contribution in [-0.2, 0) is 11.2 Å². The molecule has 1 aromatic carbocycles. The molecule has 0 aliphatic heterocycles. The molecule has 6 nitrogen and oxygen atoms in total. The van der Waals surface area contributed by atoms with Crippen LogP contribution in [0, 0.1) is 0 Å². The van der Waals surface area contributed by atoms with E-state index < -0.39 is 11.4 Å². The molecular formula is C12H17N5O. The Labute approximate surface area is 106 Å². The van der Waals surface area contributed by atoms with Crippen molar-refractivity contribution in [3.8, 4) is 0 Å². The lowest BCUT2D eigenvalue weighted by Gasteiger charge is -2.27. The predicted molar refractivity (Wildman–Crippen MR) is 69.8 cm³/mol. The van der Waals surface area contributed by atoms with Crippen molar-refractivity contribution in [3.05, 3.63) is 46.3 Å². The van der Waals surface area contributed by atoms with E-state index in [-0.39, 0.29) is 6.54 Å². The summed E-state index contributed by atoms with van der Waals surface area (Å²) >= 11 is 0. The summed E-state index contributed by atoms with van der Waals surface area (Å²) in [5, 5.41) is 6.45. The third kappa shape index (κ3) is 4.08. The molecule has 3 N–H and O–H groups in total. The van der Waals surface area contributed by atoms with Gasteiger partial charge in [0.1, 0.15) is 0 Å². The van der Waals surface area contributed by atoms with E-state index in [0.717, 1.165) is 5.56 Å². The Hall–Kier alpha value is -2.04. The number of benzene rings is 1. The number of primary amides is 1. The number of nitrogens with two attached hydrogens (primary N) is 1. The number of amides is 1. The van der Waals surface area contributed by atoms with Gasteiger partial charge in [0.2, 0.25) is 5.91 Å². The largest absolute Gasteiger partial charge is 0.368 e. The van der Waals surface area contributed by atoms with Crippen molar-refractivity contribution in [2.75, 3.05) is 13.1 Å². The molecule has 1 rings (SSSR count). The molecule has 0 aliphatic carbocycles. The van der Waals surface area contributed by atoms with Crippen LogP contribution in [0.5, 0.6) is 0 Å². The molecule has 0 aliphatic rings. The third-order valence-electron chi connectivity index (χ3n) is 2.73. The van der Waals surface area contributed by atoms with Crippen LogP contribution in [0.15, 0.2) is 35.4 Å². The summed E-state index contributed by atoms with van der Waals surface area (Å²) < 4.78 is 0. The Kier molecular flexibility index (Phi) is 5.17. The zero-order valence-electron chi connectivity index (χ0n) is 10.3. The van der Waals surface area contributed by atoms with E-state index >= 15 is 0 Å². The highest BCUT2D eigenvalue weighted by atomic mass is 16.1. The summed E-state index contributed by atoms with van der Waals surface area (Å²) in [4.78, 5) is 14.2. The van der Waals surface area contributed by atoms with E-state index in [4.69, 9.17) is 11.3 Å². The second kappa shape index (κ2) is 6.64. The van der Waals surface area contributed by atoms with Crippen LogP contribution in [-0.4, -0.2) is 24.5 Å². The number of rotatable bonds is 7. The van der Waals surface area contributed by atoms with Gasteiger partial charge in [0.25, 0.3) is 0 Å². The minimum Gasteiger partial charge on any atom is -0.368 e. The van der Waals surface area contributed by atoms with E-state index in [0.29, 0.717) is 13.0 Å². The summed E-state index contributed by atoms with van der Waals surface area (Å²) in [6.07, 6.45) is 0.499. The number of carbonyl (C=O) groups excluding carboxylic acids is 1. The highest BCUT2D eigenvalue weighted by molar-refractivity contribution is 5.84. The quantitative estimate of drug-likeness (QED) is 0.329. The molecule has 1 atom stereocenters. The maximum atomic E-state index is 11.5. The average Bonchev–Trinajstić information content (AvgIpc) is 2.36. The number of nitrogens with one attached hydrogen (secondary N) is 1. The number of hydrogen-bond donors (Lipinski definition) is 2. The fourth-order valence-corrected chi connectivity index (χ4v) is 1.67. The lowest BCUT2D eigenvalue weighted by molar-refractivity contribution is -0.123. The first-order chi connectivity index (χ1) is 8.58. The zero-order chi connectivity index (χ0) is 13.4. The van der Waals surface area contributed by atoms with Gasteiger partial charge in [0.15, 0.2) is 0 Å². The lowest BCUT2D eigenvalue weighted by atomic mass is 9.92. The fraction of sp³-hybridized carbons (Fsp3) is 0.417. The van der Waals surface area contributed by atoms with Crippen molar-refractivity contribution < 1.29 is 4.79 Å². The van der Waals surface area contributed by atoms with Gasteiger partial charge in [-0.2, -0.15) is 0 Å². The fourth-order valence-electron chi connectivity index (χ4n) is 1.67. The van der Waals surface area contributed by atoms with Crippen molar-refractivity contribution >= 4 is 5.91 Å². The topological polar surface area (TPSA) is 104 Å². The monoisotopic (exact) mass is 247 g/mol. The summed E-state index contributed by atoms with van der Waals surface area (Å²) in [7, 11) is 0.